The molecule has 0 atom stereocenters. The van der Waals surface area contributed by atoms with Crippen LogP contribution in [0, 0.1) is 6.92 Å². The summed E-state index contributed by atoms with van der Waals surface area (Å²) in [7, 11) is 1.58. The second-order valence-electron chi connectivity index (χ2n) is 6.72. The van der Waals surface area contributed by atoms with Crippen LogP contribution < -0.4 is 19.6 Å². The van der Waals surface area contributed by atoms with Gasteiger partial charge in [-0.3, -0.25) is 4.79 Å². The average molecular weight is 483 g/mol. The fourth-order valence-corrected chi connectivity index (χ4v) is 2.88. The molecule has 0 radical (unpaired) electrons. The van der Waals surface area contributed by atoms with Crippen LogP contribution in [0.3, 0.4) is 0 Å². The Balaban J connectivity index is 1.51. The van der Waals surface area contributed by atoms with Crippen LogP contribution in [-0.4, -0.2) is 25.8 Å². The summed E-state index contributed by atoms with van der Waals surface area (Å²) in [6, 6.07) is 20.8. The van der Waals surface area contributed by atoms with Crippen LogP contribution in [0.15, 0.2) is 76.3 Å². The minimum Gasteiger partial charge on any atom is -0.493 e. The first-order valence-corrected chi connectivity index (χ1v) is 10.4. The Labute approximate surface area is 190 Å². The largest absolute Gasteiger partial charge is 0.493 e. The molecule has 0 saturated heterocycles. The molecule has 1 amide bonds. The van der Waals surface area contributed by atoms with Gasteiger partial charge in [0.25, 0.3) is 5.91 Å². The summed E-state index contributed by atoms with van der Waals surface area (Å²) < 4.78 is 17.6. The summed E-state index contributed by atoms with van der Waals surface area (Å²) >= 11 is 3.35. The summed E-state index contributed by atoms with van der Waals surface area (Å²) in [6.07, 6.45) is 1.53. The second kappa shape index (κ2) is 11.2. The molecule has 0 saturated carbocycles. The molecule has 0 heterocycles. The van der Waals surface area contributed by atoms with E-state index in [9.17, 15) is 4.79 Å². The Kier molecular flexibility index (Phi) is 8.06. The number of carbonyl (C=O) groups excluding carboxylic acids is 1. The third-order valence-electron chi connectivity index (χ3n) is 4.29. The van der Waals surface area contributed by atoms with E-state index in [2.05, 4.69) is 26.5 Å². The van der Waals surface area contributed by atoms with Crippen molar-refractivity contribution < 1.29 is 19.0 Å². The van der Waals surface area contributed by atoms with Crippen molar-refractivity contribution in [1.82, 2.24) is 5.43 Å². The fraction of sp³-hybridized carbons (Fsp3) is 0.167. The van der Waals surface area contributed by atoms with Crippen LogP contribution >= 0.6 is 15.9 Å². The molecule has 6 nitrogen and oxygen atoms in total. The average Bonchev–Trinajstić information content (AvgIpc) is 2.78. The Morgan fingerprint density at radius 3 is 2.45 bits per heavy atom. The van der Waals surface area contributed by atoms with Crippen molar-refractivity contribution in [1.29, 1.82) is 0 Å². The van der Waals surface area contributed by atoms with Crippen LogP contribution in [0.2, 0.25) is 0 Å². The zero-order chi connectivity index (χ0) is 22.1. The maximum atomic E-state index is 11.9. The van der Waals surface area contributed by atoms with Crippen molar-refractivity contribution in [2.45, 2.75) is 13.5 Å². The van der Waals surface area contributed by atoms with Gasteiger partial charge in [-0.2, -0.15) is 5.10 Å². The number of aryl methyl sites for hydroxylation is 1. The number of hydrogen-bond acceptors (Lipinski definition) is 5. The molecule has 0 bridgehead atoms. The van der Waals surface area contributed by atoms with Crippen LogP contribution in [0.1, 0.15) is 16.7 Å². The van der Waals surface area contributed by atoms with Gasteiger partial charge in [-0.15, -0.1) is 0 Å². The van der Waals surface area contributed by atoms with E-state index in [0.29, 0.717) is 23.9 Å². The van der Waals surface area contributed by atoms with Gasteiger partial charge in [0.2, 0.25) is 0 Å². The predicted octanol–water partition coefficient (Wildman–Crippen LogP) is 4.87. The molecule has 160 valence electrons. The third kappa shape index (κ3) is 7.15. The van der Waals surface area contributed by atoms with Crippen molar-refractivity contribution in [2.24, 2.45) is 5.10 Å². The van der Waals surface area contributed by atoms with Crippen molar-refractivity contribution in [3.63, 3.8) is 0 Å². The smallest absolute Gasteiger partial charge is 0.277 e. The minimum atomic E-state index is -0.357. The monoisotopic (exact) mass is 482 g/mol. The third-order valence-corrected chi connectivity index (χ3v) is 4.82. The summed E-state index contributed by atoms with van der Waals surface area (Å²) in [5, 5.41) is 3.97. The van der Waals surface area contributed by atoms with Gasteiger partial charge in [0.1, 0.15) is 12.4 Å². The van der Waals surface area contributed by atoms with Crippen LogP contribution in [0.4, 0.5) is 0 Å². The second-order valence-corrected chi connectivity index (χ2v) is 7.64. The number of nitrogens with one attached hydrogen (secondary N) is 1. The van der Waals surface area contributed by atoms with Gasteiger partial charge in [-0.1, -0.05) is 45.8 Å². The first-order chi connectivity index (χ1) is 15.0. The molecule has 31 heavy (non-hydrogen) atoms. The highest BCUT2D eigenvalue weighted by molar-refractivity contribution is 9.10. The van der Waals surface area contributed by atoms with Gasteiger partial charge < -0.3 is 14.2 Å². The Morgan fingerprint density at radius 2 is 1.74 bits per heavy atom. The lowest BCUT2D eigenvalue weighted by Crippen LogP contribution is -2.24. The summed E-state index contributed by atoms with van der Waals surface area (Å²) in [6.45, 7) is 2.36. The van der Waals surface area contributed by atoms with Gasteiger partial charge in [0.05, 0.1) is 13.3 Å². The van der Waals surface area contributed by atoms with Gasteiger partial charge in [0, 0.05) is 4.47 Å². The van der Waals surface area contributed by atoms with E-state index in [1.165, 1.54) is 11.8 Å². The normalized spacial score (nSPS) is 10.7. The zero-order valence-corrected chi connectivity index (χ0v) is 18.9. The number of halogens is 1. The molecule has 0 spiro atoms. The maximum absolute atomic E-state index is 11.9. The topological polar surface area (TPSA) is 69.2 Å². The zero-order valence-electron chi connectivity index (χ0n) is 17.3. The number of ether oxygens (including phenoxy) is 3. The van der Waals surface area contributed by atoms with E-state index in [0.717, 1.165) is 15.6 Å². The molecule has 0 fully saturated rings. The molecule has 0 aliphatic rings. The number of rotatable bonds is 9. The van der Waals surface area contributed by atoms with Crippen molar-refractivity contribution >= 4 is 28.1 Å². The molecular formula is C24H23BrN2O4. The molecule has 7 heteroatoms. The lowest BCUT2D eigenvalue weighted by Gasteiger charge is -2.11. The Hall–Kier alpha value is -3.32. The molecule has 1 N–H and O–H groups in total. The number of carbonyl (C=O) groups is 1. The molecule has 3 aromatic rings. The minimum absolute atomic E-state index is 0.131. The van der Waals surface area contributed by atoms with Crippen LogP contribution in [0.25, 0.3) is 0 Å². The molecule has 3 rings (SSSR count). The van der Waals surface area contributed by atoms with Gasteiger partial charge in [-0.05, 0) is 60.5 Å². The molecule has 0 aliphatic carbocycles. The summed E-state index contributed by atoms with van der Waals surface area (Å²) in [5.41, 5.74) is 5.48. The molecule has 0 aliphatic heterocycles. The number of hydrogen-bond donors (Lipinski definition) is 1. The highest BCUT2D eigenvalue weighted by Gasteiger charge is 2.06. The van der Waals surface area contributed by atoms with E-state index < -0.39 is 0 Å². The van der Waals surface area contributed by atoms with Crippen molar-refractivity contribution in [2.75, 3.05) is 13.7 Å². The quantitative estimate of drug-likeness (QED) is 0.348. The van der Waals surface area contributed by atoms with E-state index in [1.54, 1.807) is 25.3 Å². The van der Waals surface area contributed by atoms with E-state index in [1.807, 2.05) is 55.5 Å². The Bertz CT molecular complexity index is 1030. The SMILES string of the molecule is COc1cc(/C=N/NC(=O)COc2ccc(Br)cc2)ccc1OCc1ccc(C)cc1. The lowest BCUT2D eigenvalue weighted by molar-refractivity contribution is -0.123. The predicted molar refractivity (Wildman–Crippen MR) is 124 cm³/mol. The number of methoxy groups -OCH3 is 1. The maximum Gasteiger partial charge on any atom is 0.277 e. The van der Waals surface area contributed by atoms with Gasteiger partial charge in [0.15, 0.2) is 18.1 Å². The van der Waals surface area contributed by atoms with Gasteiger partial charge in [-0.25, -0.2) is 5.43 Å². The summed E-state index contributed by atoms with van der Waals surface area (Å²) in [4.78, 5) is 11.9. The fourth-order valence-electron chi connectivity index (χ4n) is 2.62. The van der Waals surface area contributed by atoms with Crippen molar-refractivity contribution in [3.8, 4) is 17.2 Å². The highest BCUT2D eigenvalue weighted by Crippen LogP contribution is 2.28. The summed E-state index contributed by atoms with van der Waals surface area (Å²) in [5.74, 6) is 1.46. The lowest BCUT2D eigenvalue weighted by atomic mass is 10.2. The molecule has 3 aromatic carbocycles. The van der Waals surface area contributed by atoms with Gasteiger partial charge >= 0.3 is 0 Å². The van der Waals surface area contributed by atoms with E-state index in [4.69, 9.17) is 14.2 Å². The number of hydrazone groups is 1. The first kappa shape index (κ1) is 22.4. The highest BCUT2D eigenvalue weighted by atomic mass is 79.9. The van der Waals surface area contributed by atoms with Crippen LogP contribution in [-0.2, 0) is 11.4 Å². The van der Waals surface area contributed by atoms with E-state index >= 15 is 0 Å². The van der Waals surface area contributed by atoms with Crippen molar-refractivity contribution in [3.05, 3.63) is 87.9 Å². The molecule has 0 unspecified atom stereocenters. The first-order valence-electron chi connectivity index (χ1n) is 9.60. The standard InChI is InChI=1S/C24H23BrN2O4/c1-17-3-5-18(6-4-17)15-31-22-12-7-19(13-23(22)29-2)14-26-27-24(28)16-30-21-10-8-20(25)9-11-21/h3-14H,15-16H2,1-2H3,(H,27,28)/b26-14+. The van der Waals surface area contributed by atoms with E-state index in [-0.39, 0.29) is 12.5 Å². The molecule has 0 aromatic heterocycles. The number of nitrogens with zero attached hydrogens (tertiary/aromatic N) is 1. The Morgan fingerprint density at radius 1 is 1.00 bits per heavy atom. The molecular weight excluding hydrogens is 460 g/mol. The number of benzene rings is 3. The van der Waals surface area contributed by atoms with Crippen LogP contribution in [0.5, 0.6) is 17.2 Å². The number of amides is 1.